The van der Waals surface area contributed by atoms with Gasteiger partial charge >= 0.3 is 5.97 Å². The van der Waals surface area contributed by atoms with Gasteiger partial charge in [0.05, 0.1) is 6.61 Å². The molecule has 0 fully saturated rings. The van der Waals surface area contributed by atoms with Crippen LogP contribution in [0.2, 0.25) is 0 Å². The molecule has 0 amide bonds. The van der Waals surface area contributed by atoms with Crippen LogP contribution >= 0.6 is 0 Å². The predicted molar refractivity (Wildman–Crippen MR) is 68.7 cm³/mol. The molecule has 0 radical (unpaired) electrons. The molecule has 0 aromatic rings. The van der Waals surface area contributed by atoms with Crippen molar-refractivity contribution >= 4 is 5.97 Å². The number of hydrogen-bond acceptors (Lipinski definition) is 4. The van der Waals surface area contributed by atoms with Crippen LogP contribution in [-0.2, 0) is 9.53 Å². The van der Waals surface area contributed by atoms with Crippen LogP contribution in [0, 0.1) is 10.3 Å². The zero-order valence-corrected chi connectivity index (χ0v) is 11.3. The molecule has 0 aromatic heterocycles. The van der Waals surface area contributed by atoms with E-state index in [1.54, 1.807) is 6.92 Å². The van der Waals surface area contributed by atoms with Crippen molar-refractivity contribution in [2.45, 2.75) is 47.0 Å². The molecule has 17 heavy (non-hydrogen) atoms. The van der Waals surface area contributed by atoms with E-state index in [0.29, 0.717) is 13.0 Å². The van der Waals surface area contributed by atoms with E-state index >= 15 is 0 Å². The van der Waals surface area contributed by atoms with Gasteiger partial charge < -0.3 is 4.74 Å². The fraction of sp³-hybridized carbons (Fsp3) is 0.769. The highest BCUT2D eigenvalue weighted by molar-refractivity contribution is 5.81. The Balaban J connectivity index is 5.31. The minimum atomic E-state index is -0.859. The summed E-state index contributed by atoms with van der Waals surface area (Å²) in [5.74, 6) is -0.330. The Bertz CT molecular complexity index is 286. The molecule has 0 spiro atoms. The van der Waals surface area contributed by atoms with E-state index in [4.69, 9.17) is 4.74 Å². The molecule has 0 heterocycles. The second-order valence-corrected chi connectivity index (χ2v) is 4.14. The van der Waals surface area contributed by atoms with Gasteiger partial charge in [0.15, 0.2) is 0 Å². The van der Waals surface area contributed by atoms with Crippen molar-refractivity contribution in [3.8, 4) is 0 Å². The summed E-state index contributed by atoms with van der Waals surface area (Å²) in [5.41, 5.74) is 0.0302. The van der Waals surface area contributed by atoms with E-state index in [1.165, 1.54) is 0 Å². The number of ether oxygens (including phenoxy) is 1. The van der Waals surface area contributed by atoms with Crippen LogP contribution < -0.4 is 0 Å². The maximum atomic E-state index is 12.1. The summed E-state index contributed by atoms with van der Waals surface area (Å²) in [6.45, 7) is 7.91. The topological polar surface area (TPSA) is 55.7 Å². The maximum Gasteiger partial charge on any atom is 0.318 e. The molecule has 4 heteroatoms. The minimum absolute atomic E-state index is 0.0397. The van der Waals surface area contributed by atoms with Gasteiger partial charge in [0.25, 0.3) is 0 Å². The molecule has 0 bridgehead atoms. The first-order valence-corrected chi connectivity index (χ1v) is 6.22. The van der Waals surface area contributed by atoms with Crippen LogP contribution in [0.3, 0.4) is 0 Å². The summed E-state index contributed by atoms with van der Waals surface area (Å²) in [7, 11) is 0. The number of allylic oxidation sites excluding steroid dienone is 1. The number of carbonyl (C=O) groups excluding carboxylic acids is 1. The fourth-order valence-corrected chi connectivity index (χ4v) is 2.04. The lowest BCUT2D eigenvalue weighted by Gasteiger charge is -2.29. The van der Waals surface area contributed by atoms with E-state index in [1.807, 2.05) is 26.8 Å². The Morgan fingerprint density at radius 1 is 1.35 bits per heavy atom. The molecule has 0 rings (SSSR count). The second-order valence-electron chi connectivity index (χ2n) is 4.14. The van der Waals surface area contributed by atoms with Crippen molar-refractivity contribution in [3.63, 3.8) is 0 Å². The summed E-state index contributed by atoms with van der Waals surface area (Å²) >= 11 is 0. The zero-order valence-electron chi connectivity index (χ0n) is 11.3. The number of rotatable bonds is 8. The van der Waals surface area contributed by atoms with Gasteiger partial charge in [0.2, 0.25) is 0 Å². The third-order valence-electron chi connectivity index (χ3n) is 2.94. The highest BCUT2D eigenvalue weighted by atomic mass is 16.5. The maximum absolute atomic E-state index is 12.1. The molecule has 98 valence electrons. The number of hydrogen-bond donors (Lipinski definition) is 0. The molecule has 1 unspecified atom stereocenters. The van der Waals surface area contributed by atoms with E-state index in [0.717, 1.165) is 18.4 Å². The number of esters is 1. The van der Waals surface area contributed by atoms with Crippen molar-refractivity contribution in [1.82, 2.24) is 0 Å². The predicted octanol–water partition coefficient (Wildman–Crippen LogP) is 3.46. The molecule has 1 atom stereocenters. The molecular formula is C13H23NO3. The molecule has 0 aromatic carbocycles. The first-order valence-electron chi connectivity index (χ1n) is 6.22. The Hall–Kier alpha value is -1.19. The van der Waals surface area contributed by atoms with Crippen LogP contribution in [0.1, 0.15) is 47.0 Å². The monoisotopic (exact) mass is 241 g/mol. The van der Waals surface area contributed by atoms with Gasteiger partial charge in [-0.05, 0) is 26.7 Å². The van der Waals surface area contributed by atoms with Crippen LogP contribution in [0.15, 0.2) is 16.8 Å². The Morgan fingerprint density at radius 3 is 2.41 bits per heavy atom. The van der Waals surface area contributed by atoms with Crippen LogP contribution in [-0.4, -0.2) is 19.1 Å². The van der Waals surface area contributed by atoms with Gasteiger partial charge in [-0.2, -0.15) is 4.91 Å². The lowest BCUT2D eigenvalue weighted by Crippen LogP contribution is -2.37. The molecule has 0 saturated carbocycles. The lowest BCUT2D eigenvalue weighted by atomic mass is 9.76. The first kappa shape index (κ1) is 15.8. The van der Waals surface area contributed by atoms with Gasteiger partial charge in [-0.25, -0.2) is 0 Å². The number of nitrogens with zero attached hydrogens (tertiary/aromatic N) is 1. The van der Waals surface area contributed by atoms with E-state index in [2.05, 4.69) is 5.18 Å². The van der Waals surface area contributed by atoms with Crippen LogP contribution in [0.25, 0.3) is 0 Å². The van der Waals surface area contributed by atoms with Crippen molar-refractivity contribution in [3.05, 3.63) is 16.6 Å². The molecule has 0 aliphatic heterocycles. The SMILES string of the molecule is CCC=C(C)C(CCC)(CN=O)C(=O)OCC. The third-order valence-corrected chi connectivity index (χ3v) is 2.94. The Morgan fingerprint density at radius 2 is 2.00 bits per heavy atom. The summed E-state index contributed by atoms with van der Waals surface area (Å²) in [6, 6.07) is 0. The van der Waals surface area contributed by atoms with Crippen LogP contribution in [0.4, 0.5) is 0 Å². The van der Waals surface area contributed by atoms with Gasteiger partial charge in [0, 0.05) is 0 Å². The molecule has 0 aliphatic carbocycles. The van der Waals surface area contributed by atoms with Gasteiger partial charge in [-0.3, -0.25) is 4.79 Å². The van der Waals surface area contributed by atoms with E-state index in [-0.39, 0.29) is 12.5 Å². The lowest BCUT2D eigenvalue weighted by molar-refractivity contribution is -0.153. The van der Waals surface area contributed by atoms with Gasteiger partial charge in [-0.15, -0.1) is 0 Å². The number of nitroso groups, excluding NO2 is 1. The Kier molecular flexibility index (Phi) is 7.42. The van der Waals surface area contributed by atoms with E-state index < -0.39 is 5.41 Å². The van der Waals surface area contributed by atoms with Crippen molar-refractivity contribution in [1.29, 1.82) is 0 Å². The highest BCUT2D eigenvalue weighted by Gasteiger charge is 2.41. The van der Waals surface area contributed by atoms with Gasteiger partial charge in [0.1, 0.15) is 12.0 Å². The zero-order chi connectivity index (χ0) is 13.3. The van der Waals surface area contributed by atoms with Crippen molar-refractivity contribution in [2.75, 3.05) is 13.2 Å². The molecule has 0 N–H and O–H groups in total. The molecular weight excluding hydrogens is 218 g/mol. The largest absolute Gasteiger partial charge is 0.465 e. The summed E-state index contributed by atoms with van der Waals surface area (Å²) in [4.78, 5) is 22.7. The molecule has 0 saturated heterocycles. The standard InChI is InChI=1S/C13H23NO3/c1-5-8-11(4)13(9-6-2,10-14-16)12(15)17-7-3/h8H,5-7,9-10H2,1-4H3. The summed E-state index contributed by atoms with van der Waals surface area (Å²) in [6.07, 6.45) is 4.20. The van der Waals surface area contributed by atoms with E-state index in [9.17, 15) is 9.70 Å². The van der Waals surface area contributed by atoms with Crippen molar-refractivity contribution in [2.24, 2.45) is 10.6 Å². The molecule has 4 nitrogen and oxygen atoms in total. The average molecular weight is 241 g/mol. The first-order chi connectivity index (χ1) is 8.08. The molecule has 0 aliphatic rings. The van der Waals surface area contributed by atoms with Gasteiger partial charge in [-0.1, -0.05) is 37.1 Å². The fourth-order valence-electron chi connectivity index (χ4n) is 2.04. The smallest absolute Gasteiger partial charge is 0.318 e. The quantitative estimate of drug-likeness (QED) is 0.371. The highest BCUT2D eigenvalue weighted by Crippen LogP contribution is 2.35. The second kappa shape index (κ2) is 7.98. The summed E-state index contributed by atoms with van der Waals surface area (Å²) in [5, 5.41) is 2.94. The third kappa shape index (κ3) is 3.95. The average Bonchev–Trinajstić information content (AvgIpc) is 2.29. The van der Waals surface area contributed by atoms with Crippen molar-refractivity contribution < 1.29 is 9.53 Å². The van der Waals surface area contributed by atoms with Crippen LogP contribution in [0.5, 0.6) is 0 Å². The minimum Gasteiger partial charge on any atom is -0.465 e. The Labute approximate surface area is 103 Å². The summed E-state index contributed by atoms with van der Waals surface area (Å²) < 4.78 is 5.10. The number of carbonyl (C=O) groups is 1. The normalized spacial score (nSPS) is 15.2.